The molecule has 0 aliphatic heterocycles. The second-order valence-corrected chi connectivity index (χ2v) is 3.72. The molecule has 0 spiro atoms. The van der Waals surface area contributed by atoms with Crippen LogP contribution >= 0.6 is 0 Å². The van der Waals surface area contributed by atoms with Gasteiger partial charge in [0.15, 0.2) is 0 Å². The van der Waals surface area contributed by atoms with Gasteiger partial charge in [-0.2, -0.15) is 0 Å². The van der Waals surface area contributed by atoms with Gasteiger partial charge in [0.05, 0.1) is 0 Å². The molecule has 19 heavy (non-hydrogen) atoms. The topological polar surface area (TPSA) is 108 Å². The second kappa shape index (κ2) is 6.45. The largest absolute Gasteiger partial charge is 0.492 e. The molecule has 1 amide bonds. The van der Waals surface area contributed by atoms with Crippen molar-refractivity contribution in [2.45, 2.75) is 6.54 Å². The van der Waals surface area contributed by atoms with Crippen LogP contribution in [0.1, 0.15) is 0 Å². The standard InChI is InChI=1S/C11H14N6O2/c12-4-5-19-10-3-1-2-9(6-10)14-11(18)7-17-8-13-15-16-17/h1-3,6,8H,4-5,7,12H2,(H,14,18). The van der Waals surface area contributed by atoms with E-state index in [4.69, 9.17) is 10.5 Å². The van der Waals surface area contributed by atoms with Crippen LogP contribution in [-0.4, -0.2) is 39.3 Å². The van der Waals surface area contributed by atoms with Gasteiger partial charge >= 0.3 is 0 Å². The van der Waals surface area contributed by atoms with Gasteiger partial charge in [-0.1, -0.05) is 6.07 Å². The van der Waals surface area contributed by atoms with E-state index in [-0.39, 0.29) is 12.5 Å². The number of tetrazole rings is 1. The first-order valence-corrected chi connectivity index (χ1v) is 5.71. The number of nitrogens with two attached hydrogens (primary N) is 1. The van der Waals surface area contributed by atoms with E-state index < -0.39 is 0 Å². The fraction of sp³-hybridized carbons (Fsp3) is 0.273. The van der Waals surface area contributed by atoms with E-state index in [1.54, 1.807) is 24.3 Å². The average Bonchev–Trinajstić information content (AvgIpc) is 2.89. The number of hydrogen-bond donors (Lipinski definition) is 2. The molecule has 8 nitrogen and oxygen atoms in total. The van der Waals surface area contributed by atoms with Gasteiger partial charge in [-0.15, -0.1) is 5.10 Å². The number of ether oxygens (including phenoxy) is 1. The molecule has 0 radical (unpaired) electrons. The fourth-order valence-corrected chi connectivity index (χ4v) is 1.44. The van der Waals surface area contributed by atoms with Crippen LogP contribution in [-0.2, 0) is 11.3 Å². The number of benzene rings is 1. The molecule has 100 valence electrons. The summed E-state index contributed by atoms with van der Waals surface area (Å²) in [5.74, 6) is 0.439. The lowest BCUT2D eigenvalue weighted by Crippen LogP contribution is -2.19. The Hall–Kier alpha value is -2.48. The highest BCUT2D eigenvalue weighted by Crippen LogP contribution is 2.17. The van der Waals surface area contributed by atoms with Crippen LogP contribution in [0, 0.1) is 0 Å². The minimum atomic E-state index is -0.219. The summed E-state index contributed by atoms with van der Waals surface area (Å²) in [5, 5.41) is 13.2. The highest BCUT2D eigenvalue weighted by atomic mass is 16.5. The van der Waals surface area contributed by atoms with Gasteiger partial charge in [0.25, 0.3) is 0 Å². The minimum Gasteiger partial charge on any atom is -0.492 e. The quantitative estimate of drug-likeness (QED) is 0.736. The highest BCUT2D eigenvalue weighted by molar-refractivity contribution is 5.90. The van der Waals surface area contributed by atoms with Crippen molar-refractivity contribution in [3.8, 4) is 5.75 Å². The van der Waals surface area contributed by atoms with Gasteiger partial charge in [-0.05, 0) is 22.6 Å². The number of aromatic nitrogens is 4. The molecule has 0 saturated heterocycles. The Balaban J connectivity index is 1.92. The van der Waals surface area contributed by atoms with Crippen LogP contribution in [0.4, 0.5) is 5.69 Å². The van der Waals surface area contributed by atoms with Crippen molar-refractivity contribution in [3.05, 3.63) is 30.6 Å². The number of amides is 1. The predicted octanol–water partition coefficient (Wildman–Crippen LogP) is -0.351. The monoisotopic (exact) mass is 262 g/mol. The zero-order valence-corrected chi connectivity index (χ0v) is 10.2. The molecule has 2 rings (SSSR count). The Bertz CT molecular complexity index is 528. The summed E-state index contributed by atoms with van der Waals surface area (Å²) in [5.41, 5.74) is 6.00. The van der Waals surface area contributed by atoms with Gasteiger partial charge in [-0.25, -0.2) is 4.68 Å². The lowest BCUT2D eigenvalue weighted by atomic mass is 10.3. The maximum atomic E-state index is 11.7. The fourth-order valence-electron chi connectivity index (χ4n) is 1.44. The van der Waals surface area contributed by atoms with E-state index in [0.29, 0.717) is 24.6 Å². The average molecular weight is 262 g/mol. The Kier molecular flexibility index (Phi) is 4.40. The molecule has 1 heterocycles. The van der Waals surface area contributed by atoms with Crippen molar-refractivity contribution in [1.82, 2.24) is 20.2 Å². The first-order valence-electron chi connectivity index (χ1n) is 5.71. The second-order valence-electron chi connectivity index (χ2n) is 3.72. The van der Waals surface area contributed by atoms with Gasteiger partial charge in [0.2, 0.25) is 5.91 Å². The number of carbonyl (C=O) groups excluding carboxylic acids is 1. The molecule has 0 saturated carbocycles. The van der Waals surface area contributed by atoms with E-state index in [1.807, 2.05) is 0 Å². The van der Waals surface area contributed by atoms with Crippen LogP contribution in [0.25, 0.3) is 0 Å². The van der Waals surface area contributed by atoms with Crippen LogP contribution in [0.2, 0.25) is 0 Å². The molecule has 0 fully saturated rings. The van der Waals surface area contributed by atoms with Crippen LogP contribution in [0.5, 0.6) is 5.75 Å². The smallest absolute Gasteiger partial charge is 0.246 e. The van der Waals surface area contributed by atoms with E-state index in [2.05, 4.69) is 20.8 Å². The number of hydrogen-bond acceptors (Lipinski definition) is 6. The first-order chi connectivity index (χ1) is 9.28. The molecule has 0 aliphatic carbocycles. The van der Waals surface area contributed by atoms with Crippen molar-refractivity contribution in [3.63, 3.8) is 0 Å². The van der Waals surface area contributed by atoms with Gasteiger partial charge in [0, 0.05) is 18.3 Å². The summed E-state index contributed by atoms with van der Waals surface area (Å²) < 4.78 is 6.71. The van der Waals surface area contributed by atoms with Crippen molar-refractivity contribution in [2.24, 2.45) is 5.73 Å². The summed E-state index contributed by atoms with van der Waals surface area (Å²) in [4.78, 5) is 11.7. The maximum Gasteiger partial charge on any atom is 0.246 e. The number of carbonyl (C=O) groups is 1. The predicted molar refractivity (Wildman–Crippen MR) is 67.4 cm³/mol. The van der Waals surface area contributed by atoms with Crippen molar-refractivity contribution >= 4 is 11.6 Å². The van der Waals surface area contributed by atoms with E-state index in [1.165, 1.54) is 11.0 Å². The summed E-state index contributed by atoms with van der Waals surface area (Å²) >= 11 is 0. The van der Waals surface area contributed by atoms with Crippen molar-refractivity contribution in [1.29, 1.82) is 0 Å². The molecule has 0 atom stereocenters. The number of anilines is 1. The van der Waals surface area contributed by atoms with Gasteiger partial charge < -0.3 is 15.8 Å². The van der Waals surface area contributed by atoms with E-state index in [9.17, 15) is 4.79 Å². The van der Waals surface area contributed by atoms with Crippen LogP contribution < -0.4 is 15.8 Å². The Labute approximate surface area is 109 Å². The first kappa shape index (κ1) is 13.0. The molecular weight excluding hydrogens is 248 g/mol. The normalized spacial score (nSPS) is 10.2. The number of rotatable bonds is 6. The zero-order chi connectivity index (χ0) is 13.5. The summed E-state index contributed by atoms with van der Waals surface area (Å²) in [6.07, 6.45) is 1.38. The lowest BCUT2D eigenvalue weighted by Gasteiger charge is -2.08. The number of nitrogens with zero attached hydrogens (tertiary/aromatic N) is 4. The van der Waals surface area contributed by atoms with Gasteiger partial charge in [-0.3, -0.25) is 4.79 Å². The van der Waals surface area contributed by atoms with E-state index in [0.717, 1.165) is 0 Å². The van der Waals surface area contributed by atoms with Gasteiger partial charge in [0.1, 0.15) is 25.2 Å². The molecule has 2 aromatic rings. The minimum absolute atomic E-state index is 0.0564. The molecule has 0 aliphatic rings. The molecule has 0 bridgehead atoms. The lowest BCUT2D eigenvalue weighted by molar-refractivity contribution is -0.116. The third kappa shape index (κ3) is 4.03. The molecule has 0 unspecified atom stereocenters. The van der Waals surface area contributed by atoms with Crippen molar-refractivity contribution in [2.75, 3.05) is 18.5 Å². The Morgan fingerprint density at radius 3 is 3.11 bits per heavy atom. The molecule has 1 aromatic heterocycles. The summed E-state index contributed by atoms with van der Waals surface area (Å²) in [6, 6.07) is 7.09. The molecule has 8 heteroatoms. The molecule has 3 N–H and O–H groups in total. The van der Waals surface area contributed by atoms with Crippen LogP contribution in [0.3, 0.4) is 0 Å². The SMILES string of the molecule is NCCOc1cccc(NC(=O)Cn2cnnn2)c1. The Morgan fingerprint density at radius 2 is 2.37 bits per heavy atom. The highest BCUT2D eigenvalue weighted by Gasteiger charge is 2.05. The van der Waals surface area contributed by atoms with Crippen molar-refractivity contribution < 1.29 is 9.53 Å². The Morgan fingerprint density at radius 1 is 1.47 bits per heavy atom. The molecular formula is C11H14N6O2. The third-order valence-electron chi connectivity index (χ3n) is 2.20. The third-order valence-corrected chi connectivity index (χ3v) is 2.20. The van der Waals surface area contributed by atoms with E-state index >= 15 is 0 Å². The zero-order valence-electron chi connectivity index (χ0n) is 10.2. The summed E-state index contributed by atoms with van der Waals surface area (Å²) in [6.45, 7) is 0.929. The van der Waals surface area contributed by atoms with Crippen LogP contribution in [0.15, 0.2) is 30.6 Å². The molecule has 1 aromatic carbocycles. The maximum absolute atomic E-state index is 11.7. The summed E-state index contributed by atoms with van der Waals surface area (Å²) in [7, 11) is 0. The number of nitrogens with one attached hydrogen (secondary N) is 1.